The summed E-state index contributed by atoms with van der Waals surface area (Å²) in [6, 6.07) is 10.1. The molecule has 0 bridgehead atoms. The van der Waals surface area contributed by atoms with Gasteiger partial charge in [0.15, 0.2) is 0 Å². The van der Waals surface area contributed by atoms with E-state index in [1.165, 1.54) is 11.0 Å². The fourth-order valence-electron chi connectivity index (χ4n) is 4.95. The maximum absolute atomic E-state index is 13.6. The fraction of sp³-hybridized carbons (Fsp3) is 0.414. The summed E-state index contributed by atoms with van der Waals surface area (Å²) in [5.74, 6) is 0.849. The monoisotopic (exact) mass is 595 g/mol. The van der Waals surface area contributed by atoms with Gasteiger partial charge in [-0.1, -0.05) is 11.3 Å². The lowest BCUT2D eigenvalue weighted by molar-refractivity contribution is -0.380. The third-order valence-corrected chi connectivity index (χ3v) is 7.95. The standard InChI is InChI=1S/C29H33N5O7S/c1-18-14-20(40-17-21-7-9-26(42-21)34(37)38)6-8-22(18)33(28(36)41-29(2,3)4)25-15-23-24(16-30-25)31(5)27(35)32(23)19-10-12-39-13-11-19/h6-9,14-16,19H,10-13,17H2,1-5H3. The van der Waals surface area contributed by atoms with Crippen molar-refractivity contribution in [3.05, 3.63) is 73.6 Å². The zero-order valence-corrected chi connectivity index (χ0v) is 25.0. The first-order valence-corrected chi connectivity index (χ1v) is 14.4. The number of hydrogen-bond acceptors (Lipinski definition) is 9. The van der Waals surface area contributed by atoms with Gasteiger partial charge in [0.2, 0.25) is 0 Å². The van der Waals surface area contributed by atoms with Gasteiger partial charge in [0.05, 0.1) is 27.8 Å². The van der Waals surface area contributed by atoms with Gasteiger partial charge in [0.1, 0.15) is 23.8 Å². The predicted octanol–water partition coefficient (Wildman–Crippen LogP) is 6.02. The molecule has 0 aliphatic carbocycles. The minimum Gasteiger partial charge on any atom is -0.488 e. The molecule has 5 rings (SSSR count). The predicted molar refractivity (Wildman–Crippen MR) is 159 cm³/mol. The number of carbonyl (C=O) groups excluding carboxylic acids is 1. The lowest BCUT2D eigenvalue weighted by Crippen LogP contribution is -2.34. The number of carbonyl (C=O) groups is 1. The molecule has 42 heavy (non-hydrogen) atoms. The van der Waals surface area contributed by atoms with Crippen molar-refractivity contribution >= 4 is 45.0 Å². The highest BCUT2D eigenvalue weighted by Gasteiger charge is 2.29. The van der Waals surface area contributed by atoms with Crippen LogP contribution in [0.5, 0.6) is 5.75 Å². The number of nitrogens with zero attached hydrogens (tertiary/aromatic N) is 5. The summed E-state index contributed by atoms with van der Waals surface area (Å²) in [6.07, 6.45) is 2.41. The van der Waals surface area contributed by atoms with Crippen LogP contribution < -0.4 is 15.3 Å². The number of aromatic nitrogens is 3. The summed E-state index contributed by atoms with van der Waals surface area (Å²) in [6.45, 7) is 8.53. The second kappa shape index (κ2) is 11.6. The molecule has 1 aliphatic heterocycles. The molecule has 1 fully saturated rings. The number of ether oxygens (including phenoxy) is 3. The van der Waals surface area contributed by atoms with Crippen molar-refractivity contribution in [3.8, 4) is 5.75 Å². The average Bonchev–Trinajstić information content (AvgIpc) is 3.51. The number of thiophene rings is 1. The highest BCUT2D eigenvalue weighted by atomic mass is 32.1. The molecule has 222 valence electrons. The van der Waals surface area contributed by atoms with Crippen LogP contribution in [0.2, 0.25) is 0 Å². The second-order valence-electron chi connectivity index (χ2n) is 11.1. The number of fused-ring (bicyclic) bond motifs is 1. The van der Waals surface area contributed by atoms with Crippen LogP contribution in [-0.2, 0) is 23.1 Å². The number of imidazole rings is 1. The number of nitro groups is 1. The molecule has 0 saturated carbocycles. The first-order chi connectivity index (χ1) is 19.9. The van der Waals surface area contributed by atoms with Crippen molar-refractivity contribution in [2.75, 3.05) is 18.1 Å². The van der Waals surface area contributed by atoms with Gasteiger partial charge in [0.25, 0.3) is 0 Å². The van der Waals surface area contributed by atoms with E-state index in [0.29, 0.717) is 59.9 Å². The molecule has 1 amide bonds. The van der Waals surface area contributed by atoms with E-state index in [1.807, 2.05) is 6.92 Å². The number of aryl methyl sites for hydroxylation is 2. The van der Waals surface area contributed by atoms with E-state index < -0.39 is 16.6 Å². The Hall–Kier alpha value is -4.23. The highest BCUT2D eigenvalue weighted by molar-refractivity contribution is 7.15. The van der Waals surface area contributed by atoms with Crippen LogP contribution in [-0.4, -0.2) is 43.9 Å². The number of benzene rings is 1. The van der Waals surface area contributed by atoms with Crippen molar-refractivity contribution in [1.29, 1.82) is 0 Å². The molecule has 3 aromatic heterocycles. The maximum Gasteiger partial charge on any atom is 0.420 e. The van der Waals surface area contributed by atoms with Crippen LogP contribution in [0.3, 0.4) is 0 Å². The fourth-order valence-corrected chi connectivity index (χ4v) is 5.69. The summed E-state index contributed by atoms with van der Waals surface area (Å²) in [7, 11) is 1.71. The van der Waals surface area contributed by atoms with Crippen LogP contribution >= 0.6 is 11.3 Å². The van der Waals surface area contributed by atoms with E-state index in [-0.39, 0.29) is 23.3 Å². The molecule has 4 heterocycles. The number of amides is 1. The molecule has 0 N–H and O–H groups in total. The molecule has 1 aromatic carbocycles. The van der Waals surface area contributed by atoms with E-state index in [4.69, 9.17) is 14.2 Å². The molecular weight excluding hydrogens is 562 g/mol. The summed E-state index contributed by atoms with van der Waals surface area (Å²) in [4.78, 5) is 44.2. The van der Waals surface area contributed by atoms with E-state index in [0.717, 1.165) is 16.2 Å². The minimum atomic E-state index is -0.767. The van der Waals surface area contributed by atoms with Crippen LogP contribution in [0.15, 0.2) is 47.4 Å². The first-order valence-electron chi connectivity index (χ1n) is 13.6. The molecule has 12 nitrogen and oxygen atoms in total. The Morgan fingerprint density at radius 2 is 1.93 bits per heavy atom. The third kappa shape index (κ3) is 6.02. The van der Waals surface area contributed by atoms with Crippen LogP contribution in [0.1, 0.15) is 50.1 Å². The van der Waals surface area contributed by atoms with Gasteiger partial charge in [-0.15, -0.1) is 0 Å². The van der Waals surface area contributed by atoms with Gasteiger partial charge in [-0.3, -0.25) is 19.2 Å². The zero-order chi connectivity index (χ0) is 30.2. The largest absolute Gasteiger partial charge is 0.488 e. The van der Waals surface area contributed by atoms with E-state index in [2.05, 4.69) is 4.98 Å². The van der Waals surface area contributed by atoms with Gasteiger partial charge in [-0.2, -0.15) is 0 Å². The summed E-state index contributed by atoms with van der Waals surface area (Å²) >= 11 is 1.06. The SMILES string of the molecule is Cc1cc(OCc2ccc([N+](=O)[O-])s2)ccc1N(C(=O)OC(C)(C)C)c1cc2c(cn1)n(C)c(=O)n2C1CCOCC1. The third-order valence-electron chi connectivity index (χ3n) is 6.94. The Labute approximate surface area is 246 Å². The summed E-state index contributed by atoms with van der Waals surface area (Å²) in [5, 5.41) is 11.0. The van der Waals surface area contributed by atoms with Crippen LogP contribution in [0.25, 0.3) is 11.0 Å². The van der Waals surface area contributed by atoms with E-state index in [9.17, 15) is 19.7 Å². The maximum atomic E-state index is 13.6. The number of hydrogen-bond donors (Lipinski definition) is 0. The molecule has 1 aliphatic rings. The Morgan fingerprint density at radius 1 is 1.19 bits per heavy atom. The van der Waals surface area contributed by atoms with Crippen molar-refractivity contribution < 1.29 is 23.9 Å². The molecule has 1 saturated heterocycles. The number of pyridine rings is 1. The van der Waals surface area contributed by atoms with Gasteiger partial charge >= 0.3 is 16.8 Å². The first kappa shape index (κ1) is 29.3. The zero-order valence-electron chi connectivity index (χ0n) is 24.2. The Kier molecular flexibility index (Phi) is 8.06. The Balaban J connectivity index is 1.52. The van der Waals surface area contributed by atoms with Crippen LogP contribution in [0.4, 0.5) is 21.3 Å². The lowest BCUT2D eigenvalue weighted by Gasteiger charge is -2.28. The van der Waals surface area contributed by atoms with Crippen molar-refractivity contribution in [2.45, 2.75) is 58.8 Å². The van der Waals surface area contributed by atoms with E-state index in [1.54, 1.807) is 73.5 Å². The number of anilines is 2. The smallest absolute Gasteiger partial charge is 0.420 e. The van der Waals surface area contributed by atoms with Crippen LogP contribution in [0, 0.1) is 17.0 Å². The number of rotatable bonds is 7. The van der Waals surface area contributed by atoms with Crippen molar-refractivity contribution in [3.63, 3.8) is 0 Å². The minimum absolute atomic E-state index is 0.0249. The Bertz CT molecular complexity index is 1690. The molecule has 0 atom stereocenters. The van der Waals surface area contributed by atoms with Crippen molar-refractivity contribution in [1.82, 2.24) is 14.1 Å². The van der Waals surface area contributed by atoms with Gasteiger partial charge in [-0.05, 0) is 70.4 Å². The molecule has 0 spiro atoms. The molecule has 4 aromatic rings. The topological polar surface area (TPSA) is 131 Å². The van der Waals surface area contributed by atoms with Gasteiger partial charge < -0.3 is 14.2 Å². The highest BCUT2D eigenvalue weighted by Crippen LogP contribution is 2.34. The lowest BCUT2D eigenvalue weighted by atomic mass is 10.1. The van der Waals surface area contributed by atoms with Crippen molar-refractivity contribution in [2.24, 2.45) is 7.05 Å². The summed E-state index contributed by atoms with van der Waals surface area (Å²) < 4.78 is 20.5. The summed E-state index contributed by atoms with van der Waals surface area (Å²) in [5.41, 5.74) is 1.67. The van der Waals surface area contributed by atoms with Gasteiger partial charge in [-0.25, -0.2) is 19.5 Å². The second-order valence-corrected chi connectivity index (χ2v) is 12.3. The average molecular weight is 596 g/mol. The normalized spacial score (nSPS) is 14.2. The molecule has 13 heteroatoms. The molecular formula is C29H33N5O7S. The molecule has 0 radical (unpaired) electrons. The molecule has 0 unspecified atom stereocenters. The Morgan fingerprint density at radius 3 is 2.57 bits per heavy atom. The van der Waals surface area contributed by atoms with Gasteiger partial charge in [0, 0.05) is 43.3 Å². The van der Waals surface area contributed by atoms with E-state index >= 15 is 0 Å². The quantitative estimate of drug-likeness (QED) is 0.187.